The highest BCUT2D eigenvalue weighted by atomic mass is 19.4. The van der Waals surface area contributed by atoms with Gasteiger partial charge < -0.3 is 10.2 Å². The summed E-state index contributed by atoms with van der Waals surface area (Å²) in [4.78, 5) is 27.8. The summed E-state index contributed by atoms with van der Waals surface area (Å²) >= 11 is 0. The van der Waals surface area contributed by atoms with Gasteiger partial charge in [-0.3, -0.25) is 9.59 Å². The van der Waals surface area contributed by atoms with E-state index in [1.807, 2.05) is 11.9 Å². The lowest BCUT2D eigenvalue weighted by Gasteiger charge is -2.59. The third-order valence-corrected chi connectivity index (χ3v) is 10.1. The first kappa shape index (κ1) is 24.4. The molecule has 1 aliphatic heterocycles. The van der Waals surface area contributed by atoms with Gasteiger partial charge in [-0.25, -0.2) is 0 Å². The number of carbonyl (C=O) groups is 2. The SMILES string of the molecule is CC1=C2N(C)C(=O)CC[C@]2(C)[C@H]2CC[C@]3(C)[C@@H](C(=O)Nc4ccccc4C(F)(F)F)CC[C@H]3[C@@H]2C1. The highest BCUT2D eigenvalue weighted by Gasteiger charge is 2.61. The molecule has 0 aromatic heterocycles. The second kappa shape index (κ2) is 8.10. The van der Waals surface area contributed by atoms with Crippen LogP contribution in [0.2, 0.25) is 0 Å². The molecule has 1 heterocycles. The number of amides is 2. The Labute approximate surface area is 205 Å². The number of benzene rings is 1. The Kier molecular flexibility index (Phi) is 5.65. The normalized spacial score (nSPS) is 37.0. The van der Waals surface area contributed by atoms with Crippen molar-refractivity contribution in [3.63, 3.8) is 0 Å². The van der Waals surface area contributed by atoms with Gasteiger partial charge in [-0.2, -0.15) is 13.2 Å². The molecule has 7 heteroatoms. The van der Waals surface area contributed by atoms with Crippen molar-refractivity contribution in [3.05, 3.63) is 41.1 Å². The molecule has 2 amide bonds. The Hall–Kier alpha value is -2.31. The van der Waals surface area contributed by atoms with E-state index in [9.17, 15) is 22.8 Å². The lowest BCUT2D eigenvalue weighted by molar-refractivity contribution is -0.138. The first-order chi connectivity index (χ1) is 16.4. The van der Waals surface area contributed by atoms with Crippen LogP contribution < -0.4 is 5.32 Å². The van der Waals surface area contributed by atoms with E-state index in [4.69, 9.17) is 0 Å². The van der Waals surface area contributed by atoms with Gasteiger partial charge in [0.25, 0.3) is 0 Å². The van der Waals surface area contributed by atoms with Gasteiger partial charge in [0.2, 0.25) is 11.8 Å². The van der Waals surface area contributed by atoms with Crippen LogP contribution in [0, 0.1) is 34.5 Å². The molecule has 0 spiro atoms. The number of alkyl halides is 3. The summed E-state index contributed by atoms with van der Waals surface area (Å²) in [6, 6.07) is 5.22. The summed E-state index contributed by atoms with van der Waals surface area (Å²) in [7, 11) is 1.90. The second-order valence-electron chi connectivity index (χ2n) is 11.8. The summed E-state index contributed by atoms with van der Waals surface area (Å²) in [5.41, 5.74) is 1.25. The van der Waals surface area contributed by atoms with E-state index in [1.165, 1.54) is 29.5 Å². The first-order valence-corrected chi connectivity index (χ1v) is 12.8. The number of halogens is 3. The zero-order valence-corrected chi connectivity index (χ0v) is 21.0. The summed E-state index contributed by atoms with van der Waals surface area (Å²) < 4.78 is 40.5. The van der Waals surface area contributed by atoms with Gasteiger partial charge in [0.1, 0.15) is 0 Å². The number of hydrogen-bond donors (Lipinski definition) is 1. The molecule has 1 saturated heterocycles. The Morgan fingerprint density at radius 2 is 1.80 bits per heavy atom. The highest BCUT2D eigenvalue weighted by molar-refractivity contribution is 5.94. The fraction of sp³-hybridized carbons (Fsp3) is 0.643. The van der Waals surface area contributed by atoms with E-state index >= 15 is 0 Å². The summed E-state index contributed by atoms with van der Waals surface area (Å²) in [5.74, 6) is 0.845. The van der Waals surface area contributed by atoms with Crippen LogP contribution in [0.15, 0.2) is 35.5 Å². The largest absolute Gasteiger partial charge is 0.418 e. The van der Waals surface area contributed by atoms with Crippen molar-refractivity contribution in [2.24, 2.45) is 34.5 Å². The molecule has 0 radical (unpaired) electrons. The van der Waals surface area contributed by atoms with Crippen LogP contribution >= 0.6 is 0 Å². The topological polar surface area (TPSA) is 49.4 Å². The molecule has 1 N–H and O–H groups in total. The van der Waals surface area contributed by atoms with Gasteiger partial charge in [0.15, 0.2) is 0 Å². The molecule has 190 valence electrons. The van der Waals surface area contributed by atoms with Crippen molar-refractivity contribution in [3.8, 4) is 0 Å². The van der Waals surface area contributed by atoms with Crippen LogP contribution in [0.5, 0.6) is 0 Å². The minimum atomic E-state index is -4.52. The molecule has 1 aromatic rings. The number of carbonyl (C=O) groups excluding carboxylic acids is 2. The molecule has 4 aliphatic rings. The minimum absolute atomic E-state index is 0.0387. The molecule has 6 atom stereocenters. The predicted octanol–water partition coefficient (Wildman–Crippen LogP) is 6.64. The molecule has 5 rings (SSSR count). The molecule has 35 heavy (non-hydrogen) atoms. The zero-order chi connectivity index (χ0) is 25.3. The van der Waals surface area contributed by atoms with Crippen molar-refractivity contribution in [2.75, 3.05) is 12.4 Å². The molecule has 0 bridgehead atoms. The fourth-order valence-corrected chi connectivity index (χ4v) is 8.60. The van der Waals surface area contributed by atoms with Gasteiger partial charge in [0.05, 0.1) is 11.3 Å². The lowest BCUT2D eigenvalue weighted by atomic mass is 9.48. The van der Waals surface area contributed by atoms with E-state index in [0.29, 0.717) is 30.6 Å². The van der Waals surface area contributed by atoms with Crippen molar-refractivity contribution in [2.45, 2.75) is 71.9 Å². The van der Waals surface area contributed by atoms with E-state index in [0.717, 1.165) is 38.2 Å². The number of hydrogen-bond acceptors (Lipinski definition) is 2. The third-order valence-electron chi connectivity index (χ3n) is 10.1. The van der Waals surface area contributed by atoms with Crippen LogP contribution in [0.1, 0.15) is 71.3 Å². The molecule has 3 aliphatic carbocycles. The molecule has 3 fully saturated rings. The monoisotopic (exact) mass is 488 g/mol. The fourth-order valence-electron chi connectivity index (χ4n) is 8.60. The Morgan fingerprint density at radius 1 is 1.09 bits per heavy atom. The average Bonchev–Trinajstić information content (AvgIpc) is 3.14. The van der Waals surface area contributed by atoms with Gasteiger partial charge in [-0.05, 0) is 80.8 Å². The molecule has 2 saturated carbocycles. The summed E-state index contributed by atoms with van der Waals surface area (Å²) in [6.07, 6.45) is 1.34. The van der Waals surface area contributed by atoms with Gasteiger partial charge in [0, 0.05) is 30.5 Å². The Morgan fingerprint density at radius 3 is 2.51 bits per heavy atom. The number of nitrogens with one attached hydrogen (secondary N) is 1. The highest BCUT2D eigenvalue weighted by Crippen LogP contribution is 2.67. The number of anilines is 1. The number of nitrogens with zero attached hydrogens (tertiary/aromatic N) is 1. The number of likely N-dealkylation sites (tertiary alicyclic amines) is 1. The van der Waals surface area contributed by atoms with Crippen LogP contribution in [0.25, 0.3) is 0 Å². The van der Waals surface area contributed by atoms with Crippen molar-refractivity contribution in [1.29, 1.82) is 0 Å². The number of para-hydroxylation sites is 1. The third kappa shape index (κ3) is 3.63. The Bertz CT molecular complexity index is 1100. The van der Waals surface area contributed by atoms with Crippen LogP contribution in [0.4, 0.5) is 18.9 Å². The summed E-state index contributed by atoms with van der Waals surface area (Å²) in [6.45, 7) is 6.66. The predicted molar refractivity (Wildman–Crippen MR) is 128 cm³/mol. The first-order valence-electron chi connectivity index (χ1n) is 12.8. The van der Waals surface area contributed by atoms with Crippen LogP contribution in [-0.4, -0.2) is 23.8 Å². The summed E-state index contributed by atoms with van der Waals surface area (Å²) in [5, 5.41) is 2.65. The second-order valence-corrected chi connectivity index (χ2v) is 11.8. The maximum Gasteiger partial charge on any atom is 0.418 e. The maximum atomic E-state index is 13.5. The standard InChI is InChI=1S/C28H35F3N2O2/c1-16-15-17-18-9-10-21(25(35)32-22-8-6-5-7-20(22)28(29,30)31)26(18,2)13-11-19(17)27(3)14-12-23(34)33(4)24(16)27/h5-8,17-19,21H,9-15H2,1-4H3,(H,32,35)/t17-,18-,19-,21+,26-,27+/m0/s1. The van der Waals surface area contributed by atoms with Crippen molar-refractivity contribution >= 4 is 17.5 Å². The smallest absolute Gasteiger partial charge is 0.325 e. The Balaban J connectivity index is 1.41. The van der Waals surface area contributed by atoms with E-state index in [1.54, 1.807) is 0 Å². The zero-order valence-electron chi connectivity index (χ0n) is 21.0. The molecule has 1 aromatic carbocycles. The van der Waals surface area contributed by atoms with Crippen LogP contribution in [-0.2, 0) is 15.8 Å². The van der Waals surface area contributed by atoms with Crippen LogP contribution in [0.3, 0.4) is 0 Å². The average molecular weight is 489 g/mol. The lowest BCUT2D eigenvalue weighted by Crippen LogP contribution is -2.54. The minimum Gasteiger partial charge on any atom is -0.325 e. The number of fused-ring (bicyclic) bond motifs is 5. The molecule has 0 unspecified atom stereocenters. The van der Waals surface area contributed by atoms with E-state index in [-0.39, 0.29) is 34.2 Å². The maximum absolute atomic E-state index is 13.5. The number of rotatable bonds is 2. The molecular weight excluding hydrogens is 453 g/mol. The quantitative estimate of drug-likeness (QED) is 0.507. The van der Waals surface area contributed by atoms with Gasteiger partial charge >= 0.3 is 6.18 Å². The van der Waals surface area contributed by atoms with Gasteiger partial charge in [-0.1, -0.05) is 31.6 Å². The number of piperidine rings is 1. The molecule has 4 nitrogen and oxygen atoms in total. The van der Waals surface area contributed by atoms with Crippen molar-refractivity contribution < 1.29 is 22.8 Å². The van der Waals surface area contributed by atoms with E-state index in [2.05, 4.69) is 26.1 Å². The van der Waals surface area contributed by atoms with Crippen molar-refractivity contribution in [1.82, 2.24) is 4.90 Å². The number of allylic oxidation sites excluding steroid dienone is 2. The molecular formula is C28H35F3N2O2. The van der Waals surface area contributed by atoms with Gasteiger partial charge in [-0.15, -0.1) is 0 Å². The van der Waals surface area contributed by atoms with E-state index < -0.39 is 11.7 Å².